The molecule has 0 atom stereocenters. The quantitative estimate of drug-likeness (QED) is 0.812. The van der Waals surface area contributed by atoms with Gasteiger partial charge in [-0.2, -0.15) is 0 Å². The highest BCUT2D eigenvalue weighted by atomic mass is 14.8. The fraction of sp³-hybridized carbons (Fsp3) is 0.333. The van der Waals surface area contributed by atoms with Crippen molar-refractivity contribution in [2.45, 2.75) is 48.0 Å². The van der Waals surface area contributed by atoms with Gasteiger partial charge in [0, 0.05) is 29.2 Å². The second-order valence-corrected chi connectivity index (χ2v) is 6.76. The van der Waals surface area contributed by atoms with Crippen molar-refractivity contribution in [2.24, 2.45) is 4.99 Å². The first-order valence-electron chi connectivity index (χ1n) is 8.98. The molecule has 3 heteroatoms. The van der Waals surface area contributed by atoms with Gasteiger partial charge in [0.1, 0.15) is 5.61 Å². The molecular formula is C21H25BN2+. The summed E-state index contributed by atoms with van der Waals surface area (Å²) in [5.41, 5.74) is 11.4. The molecule has 0 bridgehead atoms. The van der Waals surface area contributed by atoms with E-state index in [-0.39, 0.29) is 0 Å². The summed E-state index contributed by atoms with van der Waals surface area (Å²) in [4.78, 5) is 6.23. The van der Waals surface area contributed by atoms with E-state index in [9.17, 15) is 0 Å². The van der Waals surface area contributed by atoms with Crippen LogP contribution in [-0.2, 0) is 0 Å². The second kappa shape index (κ2) is 6.39. The molecule has 0 unspecified atom stereocenters. The van der Waals surface area contributed by atoms with Gasteiger partial charge in [-0.05, 0) is 69.9 Å². The van der Waals surface area contributed by atoms with E-state index in [1.165, 1.54) is 27.8 Å². The number of allylic oxidation sites excluding steroid dienone is 5. The number of aliphatic imine (C=N–C) groups is 1. The lowest BCUT2D eigenvalue weighted by Crippen LogP contribution is -2.64. The molecule has 2 aliphatic heterocycles. The van der Waals surface area contributed by atoms with Crippen molar-refractivity contribution in [2.75, 3.05) is 0 Å². The maximum absolute atomic E-state index is 8.61. The zero-order valence-corrected chi connectivity index (χ0v) is 15.5. The fourth-order valence-corrected chi connectivity index (χ4v) is 3.40. The molecule has 0 amide bonds. The predicted molar refractivity (Wildman–Crippen MR) is 105 cm³/mol. The van der Waals surface area contributed by atoms with E-state index < -0.39 is 0 Å². The standard InChI is InChI=1S/C21H24BN2/c1-7-8-17-9-12(2)23-18(10-17)11-19-22-20-15(5)13(3)14(4)16(6)21(20)24-19/h7-8,10-11H,9H2,1-6H3/p+1/b8-7+,18-11-/i/hD. The molecule has 0 saturated heterocycles. The third-order valence-corrected chi connectivity index (χ3v) is 5.02. The zero-order chi connectivity index (χ0) is 18.3. The molecule has 1 radical (unpaired) electrons. The minimum atomic E-state index is 0.871. The van der Waals surface area contributed by atoms with Crippen LogP contribution in [0.3, 0.4) is 0 Å². The predicted octanol–water partition coefficient (Wildman–Crippen LogP) is 2.62. The normalized spacial score (nSPS) is 19.4. The molecule has 2 nitrogen and oxygen atoms in total. The summed E-state index contributed by atoms with van der Waals surface area (Å²) in [5.74, 6) is 0. The Morgan fingerprint density at radius 3 is 2.54 bits per heavy atom. The summed E-state index contributed by atoms with van der Waals surface area (Å²) in [6.07, 6.45) is 9.21. The molecule has 0 saturated carbocycles. The molecule has 1 N–H and O–H groups in total. The molecule has 0 fully saturated rings. The number of hydrogen-bond donors (Lipinski definition) is 1. The summed E-state index contributed by atoms with van der Waals surface area (Å²) in [5, 5.41) is 0. The average molecular weight is 317 g/mol. The van der Waals surface area contributed by atoms with Crippen molar-refractivity contribution in [3.63, 3.8) is 0 Å². The van der Waals surface area contributed by atoms with Gasteiger partial charge in [0.05, 0.1) is 5.70 Å². The van der Waals surface area contributed by atoms with Gasteiger partial charge < -0.3 is 0 Å². The lowest BCUT2D eigenvalue weighted by Gasteiger charge is -2.10. The maximum Gasteiger partial charge on any atom is 0.453 e. The van der Waals surface area contributed by atoms with Gasteiger partial charge in [0.2, 0.25) is 5.69 Å². The molecule has 0 spiro atoms. The molecule has 3 rings (SSSR count). The van der Waals surface area contributed by atoms with Gasteiger partial charge in [0.15, 0.2) is 0 Å². The first-order chi connectivity index (χ1) is 11.8. The van der Waals surface area contributed by atoms with Crippen LogP contribution in [-0.4, -0.2) is 18.6 Å². The van der Waals surface area contributed by atoms with Crippen LogP contribution >= 0.6 is 0 Å². The molecular weight excluding hydrogens is 291 g/mol. The Bertz CT molecular complexity index is 915. The second-order valence-electron chi connectivity index (χ2n) is 6.76. The van der Waals surface area contributed by atoms with E-state index in [2.05, 4.69) is 65.1 Å². The van der Waals surface area contributed by atoms with Crippen molar-refractivity contribution >= 4 is 29.8 Å². The Balaban J connectivity index is 2.08. The Kier molecular flexibility index (Phi) is 4.09. The van der Waals surface area contributed by atoms with Gasteiger partial charge in [0.25, 0.3) is 7.28 Å². The molecule has 121 valence electrons. The topological polar surface area (TPSA) is 26.3 Å². The van der Waals surface area contributed by atoms with Crippen molar-refractivity contribution in [1.29, 1.82) is 0 Å². The molecule has 2 aliphatic rings. The van der Waals surface area contributed by atoms with Gasteiger partial charge in [-0.25, -0.2) is 4.99 Å². The van der Waals surface area contributed by atoms with Gasteiger partial charge >= 0.3 is 1.41 Å². The lowest BCUT2D eigenvalue weighted by molar-refractivity contribution is -0.346. The lowest BCUT2D eigenvalue weighted by atomic mass is 9.64. The van der Waals surface area contributed by atoms with Crippen molar-refractivity contribution in [3.8, 4) is 0 Å². The summed E-state index contributed by atoms with van der Waals surface area (Å²) < 4.78 is 8.61. The Hall–Kier alpha value is -2.16. The first-order valence-corrected chi connectivity index (χ1v) is 8.53. The molecule has 1 aromatic carbocycles. The van der Waals surface area contributed by atoms with E-state index >= 15 is 0 Å². The molecule has 0 aliphatic carbocycles. The molecule has 2 heterocycles. The third-order valence-electron chi connectivity index (χ3n) is 5.02. The van der Waals surface area contributed by atoms with Crippen LogP contribution in [0.5, 0.6) is 0 Å². The van der Waals surface area contributed by atoms with Crippen LogP contribution in [0.2, 0.25) is 1.41 Å². The molecule has 24 heavy (non-hydrogen) atoms. The van der Waals surface area contributed by atoms with Crippen LogP contribution in [0, 0.1) is 27.7 Å². The van der Waals surface area contributed by atoms with E-state index in [4.69, 9.17) is 1.41 Å². The van der Waals surface area contributed by atoms with E-state index in [1.54, 1.807) is 4.99 Å². The molecule has 1 aromatic rings. The van der Waals surface area contributed by atoms with Crippen LogP contribution < -0.4 is 10.4 Å². The average Bonchev–Trinajstić information content (AvgIpc) is 2.88. The van der Waals surface area contributed by atoms with Crippen molar-refractivity contribution in [1.82, 2.24) is 0 Å². The SMILES string of the molecule is [2H][N+]1=C(/C=C2C=C(/C=C/C)CC(C)=N/2)[B]c2c(C)c(C)c(C)c(C)c21. The highest BCUT2D eigenvalue weighted by molar-refractivity contribution is 6.88. The monoisotopic (exact) mass is 317 g/mol. The summed E-state index contributed by atoms with van der Waals surface area (Å²) in [7, 11) is 2.12. The minimum Gasteiger partial charge on any atom is -0.258 e. The number of nitrogens with one attached hydrogen (secondary N) is 1. The summed E-state index contributed by atoms with van der Waals surface area (Å²) >= 11 is 0. The van der Waals surface area contributed by atoms with Crippen LogP contribution in [0.25, 0.3) is 0 Å². The number of dihydropyridines is 1. The highest BCUT2D eigenvalue weighted by Crippen LogP contribution is 2.22. The molecule has 0 aromatic heterocycles. The van der Waals surface area contributed by atoms with Crippen molar-refractivity contribution < 1.29 is 6.40 Å². The van der Waals surface area contributed by atoms with Crippen LogP contribution in [0.1, 0.15) is 42.5 Å². The fourth-order valence-electron chi connectivity index (χ4n) is 3.40. The third kappa shape index (κ3) is 2.95. The summed E-state index contributed by atoms with van der Waals surface area (Å²) in [6, 6.07) is 0. The van der Waals surface area contributed by atoms with E-state index in [0.29, 0.717) is 0 Å². The van der Waals surface area contributed by atoms with Gasteiger partial charge in [-0.1, -0.05) is 12.2 Å². The number of rotatable bonds is 2. The Labute approximate surface area is 147 Å². The van der Waals surface area contributed by atoms with Crippen LogP contribution in [0.15, 0.2) is 40.6 Å². The smallest absolute Gasteiger partial charge is 0.258 e. The summed E-state index contributed by atoms with van der Waals surface area (Å²) in [6.45, 7) is 12.7. The largest absolute Gasteiger partial charge is 0.453 e. The van der Waals surface area contributed by atoms with Gasteiger partial charge in [-0.15, -0.1) is 0 Å². The zero-order valence-electron chi connectivity index (χ0n) is 16.5. The number of nitrogens with zero attached hydrogens (tertiary/aromatic N) is 1. The number of benzene rings is 1. The van der Waals surface area contributed by atoms with E-state index in [0.717, 1.165) is 34.6 Å². The minimum absolute atomic E-state index is 0.871. The Morgan fingerprint density at radius 2 is 1.83 bits per heavy atom. The maximum atomic E-state index is 8.61. The number of hydrogen-bond acceptors (Lipinski definition) is 1. The van der Waals surface area contributed by atoms with Crippen LogP contribution in [0.4, 0.5) is 5.69 Å². The number of fused-ring (bicyclic) bond motifs is 1. The highest BCUT2D eigenvalue weighted by Gasteiger charge is 2.28. The first kappa shape index (κ1) is 15.4. The Morgan fingerprint density at radius 1 is 1.12 bits per heavy atom. The van der Waals surface area contributed by atoms with E-state index in [1.807, 2.05) is 13.0 Å². The van der Waals surface area contributed by atoms with Crippen molar-refractivity contribution in [3.05, 3.63) is 57.8 Å². The van der Waals surface area contributed by atoms with Gasteiger partial charge in [-0.3, -0.25) is 4.99 Å².